The molecule has 0 spiro atoms. The van der Waals surface area contributed by atoms with Crippen LogP contribution >= 0.6 is 0 Å². The highest BCUT2D eigenvalue weighted by Crippen LogP contribution is 2.09. The fourth-order valence-corrected chi connectivity index (χ4v) is 1.63. The molecule has 5 nitrogen and oxygen atoms in total. The van der Waals surface area contributed by atoms with E-state index >= 15 is 0 Å². The number of imidazole rings is 1. The lowest BCUT2D eigenvalue weighted by atomic mass is 10.3. The highest BCUT2D eigenvalue weighted by atomic mass is 16.5. The van der Waals surface area contributed by atoms with Gasteiger partial charge in [0.15, 0.2) is 0 Å². The monoisotopic (exact) mass is 246 g/mol. The van der Waals surface area contributed by atoms with Crippen LogP contribution in [0, 0.1) is 0 Å². The van der Waals surface area contributed by atoms with Gasteiger partial charge in [0.05, 0.1) is 6.61 Å². The average molecular weight is 246 g/mol. The van der Waals surface area contributed by atoms with E-state index in [1.54, 1.807) is 17.0 Å². The highest BCUT2D eigenvalue weighted by molar-refractivity contribution is 5.66. The van der Waals surface area contributed by atoms with Gasteiger partial charge in [-0.1, -0.05) is 18.2 Å². The van der Waals surface area contributed by atoms with E-state index in [0.29, 0.717) is 18.9 Å². The lowest BCUT2D eigenvalue weighted by Crippen LogP contribution is -2.13. The zero-order chi connectivity index (χ0) is 12.8. The van der Waals surface area contributed by atoms with Gasteiger partial charge in [-0.15, -0.1) is 0 Å². The first-order chi connectivity index (χ1) is 8.75. The maximum absolute atomic E-state index is 10.6. The minimum Gasteiger partial charge on any atom is -0.493 e. The lowest BCUT2D eigenvalue weighted by molar-refractivity contribution is -0.137. The number of rotatable bonds is 6. The van der Waals surface area contributed by atoms with E-state index in [1.807, 2.05) is 30.3 Å². The Hall–Kier alpha value is -2.30. The molecule has 0 bridgehead atoms. The molecule has 0 saturated carbocycles. The number of benzene rings is 1. The van der Waals surface area contributed by atoms with Gasteiger partial charge >= 0.3 is 5.97 Å². The molecule has 2 aromatic rings. The Morgan fingerprint density at radius 2 is 2.11 bits per heavy atom. The van der Waals surface area contributed by atoms with Crippen molar-refractivity contribution < 1.29 is 14.6 Å². The summed E-state index contributed by atoms with van der Waals surface area (Å²) in [5, 5.41) is 8.73. The Morgan fingerprint density at radius 3 is 2.83 bits per heavy atom. The second-order valence-corrected chi connectivity index (χ2v) is 3.78. The molecular formula is C13H14N2O3. The van der Waals surface area contributed by atoms with Gasteiger partial charge in [0.2, 0.25) is 0 Å². The van der Waals surface area contributed by atoms with Gasteiger partial charge in [-0.3, -0.25) is 4.79 Å². The fourth-order valence-electron chi connectivity index (χ4n) is 1.63. The van der Waals surface area contributed by atoms with Crippen molar-refractivity contribution in [1.82, 2.24) is 9.55 Å². The zero-order valence-electron chi connectivity index (χ0n) is 9.82. The third kappa shape index (κ3) is 3.35. The van der Waals surface area contributed by atoms with Crippen LogP contribution in [0.2, 0.25) is 0 Å². The summed E-state index contributed by atoms with van der Waals surface area (Å²) < 4.78 is 7.15. The summed E-state index contributed by atoms with van der Waals surface area (Å²) in [7, 11) is 0. The third-order valence-corrected chi connectivity index (χ3v) is 2.44. The van der Waals surface area contributed by atoms with E-state index in [-0.39, 0.29) is 6.54 Å². The molecule has 0 saturated heterocycles. The van der Waals surface area contributed by atoms with Gasteiger partial charge in [-0.25, -0.2) is 4.98 Å². The van der Waals surface area contributed by atoms with Gasteiger partial charge in [0.1, 0.15) is 18.1 Å². The summed E-state index contributed by atoms with van der Waals surface area (Å²) in [6.07, 6.45) is 3.84. The number of carbonyl (C=O) groups is 1. The molecule has 0 aliphatic carbocycles. The Morgan fingerprint density at radius 1 is 1.33 bits per heavy atom. The first-order valence-electron chi connectivity index (χ1n) is 5.65. The molecule has 2 rings (SSSR count). The Balaban J connectivity index is 1.87. The van der Waals surface area contributed by atoms with Crippen LogP contribution in [0.25, 0.3) is 0 Å². The van der Waals surface area contributed by atoms with Gasteiger partial charge in [-0.2, -0.15) is 0 Å². The normalized spacial score (nSPS) is 10.2. The summed E-state index contributed by atoms with van der Waals surface area (Å²) in [5.74, 6) is 0.639. The fraction of sp³-hybridized carbons (Fsp3) is 0.231. The number of hydrogen-bond donors (Lipinski definition) is 1. The van der Waals surface area contributed by atoms with Gasteiger partial charge < -0.3 is 14.4 Å². The quantitative estimate of drug-likeness (QED) is 0.840. The van der Waals surface area contributed by atoms with Crippen molar-refractivity contribution in [3.05, 3.63) is 48.5 Å². The van der Waals surface area contributed by atoms with Gasteiger partial charge in [0, 0.05) is 18.8 Å². The van der Waals surface area contributed by atoms with Crippen LogP contribution in [0.15, 0.2) is 42.7 Å². The van der Waals surface area contributed by atoms with Gasteiger partial charge in [-0.05, 0) is 12.1 Å². The second-order valence-electron chi connectivity index (χ2n) is 3.78. The van der Waals surface area contributed by atoms with Crippen molar-refractivity contribution in [2.75, 3.05) is 6.61 Å². The minimum absolute atomic E-state index is 0.0688. The number of ether oxygens (including phenoxy) is 1. The van der Waals surface area contributed by atoms with Crippen molar-refractivity contribution in [1.29, 1.82) is 0 Å². The van der Waals surface area contributed by atoms with Crippen molar-refractivity contribution in [3.8, 4) is 5.75 Å². The third-order valence-electron chi connectivity index (χ3n) is 2.44. The van der Waals surface area contributed by atoms with Crippen molar-refractivity contribution in [3.63, 3.8) is 0 Å². The predicted octanol–water partition coefficient (Wildman–Crippen LogP) is 1.59. The molecule has 0 atom stereocenters. The molecule has 0 amide bonds. The summed E-state index contributed by atoms with van der Waals surface area (Å²) in [6, 6.07) is 9.49. The Kier molecular flexibility index (Phi) is 3.96. The molecule has 5 heteroatoms. The van der Waals surface area contributed by atoms with E-state index in [0.717, 1.165) is 5.75 Å². The van der Waals surface area contributed by atoms with Crippen LogP contribution in [0.3, 0.4) is 0 Å². The van der Waals surface area contributed by atoms with Crippen molar-refractivity contribution in [2.24, 2.45) is 0 Å². The number of aromatic nitrogens is 2. The van der Waals surface area contributed by atoms with Crippen LogP contribution in [0.1, 0.15) is 5.82 Å². The molecule has 0 aliphatic heterocycles. The number of aliphatic carboxylic acids is 1. The van der Waals surface area contributed by atoms with Gasteiger partial charge in [0.25, 0.3) is 0 Å². The molecule has 1 aromatic heterocycles. The Bertz CT molecular complexity index is 508. The predicted molar refractivity (Wildman–Crippen MR) is 65.5 cm³/mol. The SMILES string of the molecule is O=C(O)Cn1ccnc1CCOc1ccccc1. The highest BCUT2D eigenvalue weighted by Gasteiger charge is 2.06. The van der Waals surface area contributed by atoms with Crippen LogP contribution in [-0.4, -0.2) is 27.2 Å². The largest absolute Gasteiger partial charge is 0.493 e. The molecule has 0 unspecified atom stereocenters. The summed E-state index contributed by atoms with van der Waals surface area (Å²) in [5.41, 5.74) is 0. The number of carboxylic acids is 1. The number of para-hydroxylation sites is 1. The smallest absolute Gasteiger partial charge is 0.323 e. The molecule has 0 aliphatic rings. The molecule has 1 aromatic carbocycles. The summed E-state index contributed by atoms with van der Waals surface area (Å²) in [6.45, 7) is 0.404. The summed E-state index contributed by atoms with van der Waals surface area (Å²) >= 11 is 0. The topological polar surface area (TPSA) is 64.3 Å². The van der Waals surface area contributed by atoms with E-state index in [9.17, 15) is 4.79 Å². The molecule has 94 valence electrons. The van der Waals surface area contributed by atoms with Crippen molar-refractivity contribution in [2.45, 2.75) is 13.0 Å². The van der Waals surface area contributed by atoms with Crippen LogP contribution in [0.4, 0.5) is 0 Å². The molecule has 18 heavy (non-hydrogen) atoms. The van der Waals surface area contributed by atoms with Crippen LogP contribution < -0.4 is 4.74 Å². The molecule has 1 N–H and O–H groups in total. The second kappa shape index (κ2) is 5.86. The molecule has 0 radical (unpaired) electrons. The van der Waals surface area contributed by atoms with Crippen LogP contribution in [0.5, 0.6) is 5.75 Å². The number of nitrogens with zero attached hydrogens (tertiary/aromatic N) is 2. The van der Waals surface area contributed by atoms with E-state index < -0.39 is 5.97 Å². The van der Waals surface area contributed by atoms with Crippen LogP contribution in [-0.2, 0) is 17.8 Å². The Labute approximate surface area is 105 Å². The summed E-state index contributed by atoms with van der Waals surface area (Å²) in [4.78, 5) is 14.8. The lowest BCUT2D eigenvalue weighted by Gasteiger charge is -2.07. The number of hydrogen-bond acceptors (Lipinski definition) is 3. The maximum Gasteiger partial charge on any atom is 0.323 e. The maximum atomic E-state index is 10.6. The molecule has 0 fully saturated rings. The van der Waals surface area contributed by atoms with E-state index in [4.69, 9.17) is 9.84 Å². The number of carboxylic acid groups (broad SMARTS) is 1. The van der Waals surface area contributed by atoms with E-state index in [2.05, 4.69) is 4.98 Å². The minimum atomic E-state index is -0.877. The van der Waals surface area contributed by atoms with E-state index in [1.165, 1.54) is 0 Å². The molecule has 1 heterocycles. The van der Waals surface area contributed by atoms with Crippen molar-refractivity contribution >= 4 is 5.97 Å². The zero-order valence-corrected chi connectivity index (χ0v) is 9.82. The average Bonchev–Trinajstić information content (AvgIpc) is 2.77. The first-order valence-corrected chi connectivity index (χ1v) is 5.65. The standard InChI is InChI=1S/C13H14N2O3/c16-13(17)10-15-8-7-14-12(15)6-9-18-11-4-2-1-3-5-11/h1-5,7-8H,6,9-10H2,(H,16,17). The first kappa shape index (κ1) is 12.2. The molecular weight excluding hydrogens is 232 g/mol.